The van der Waals surface area contributed by atoms with Crippen LogP contribution in [0, 0.1) is 11.3 Å². The van der Waals surface area contributed by atoms with Crippen molar-refractivity contribution in [3.63, 3.8) is 0 Å². The zero-order chi connectivity index (χ0) is 15.1. The Kier molecular flexibility index (Phi) is 3.43. The molecule has 1 atom stereocenters. The molecular formula is C19H16BrNO. The summed E-state index contributed by atoms with van der Waals surface area (Å²) in [5, 5.41) is 9.12. The fourth-order valence-electron chi connectivity index (χ4n) is 3.23. The second kappa shape index (κ2) is 5.44. The molecule has 2 aliphatic rings. The van der Waals surface area contributed by atoms with Gasteiger partial charge in [0.1, 0.15) is 17.9 Å². The first-order chi connectivity index (χ1) is 10.8. The molecule has 0 aliphatic heterocycles. The number of nitriles is 1. The summed E-state index contributed by atoms with van der Waals surface area (Å²) >= 11 is 3.56. The fourth-order valence-corrected chi connectivity index (χ4v) is 3.88. The van der Waals surface area contributed by atoms with Gasteiger partial charge < -0.3 is 4.74 Å². The SMILES string of the molecule is N#Cc1ccc2c(c1Br)CCC2Oc1ccc(C2CC2)cc1. The number of ether oxygens (including phenoxy) is 1. The highest BCUT2D eigenvalue weighted by Crippen LogP contribution is 2.42. The molecule has 3 heteroatoms. The highest BCUT2D eigenvalue weighted by Gasteiger charge is 2.27. The quantitative estimate of drug-likeness (QED) is 0.753. The van der Waals surface area contributed by atoms with E-state index in [0.717, 1.165) is 29.0 Å². The first kappa shape index (κ1) is 13.8. The maximum atomic E-state index is 9.12. The fraction of sp³-hybridized carbons (Fsp3) is 0.316. The van der Waals surface area contributed by atoms with Crippen LogP contribution in [0.1, 0.15) is 53.5 Å². The Labute approximate surface area is 138 Å². The topological polar surface area (TPSA) is 33.0 Å². The molecule has 0 saturated heterocycles. The van der Waals surface area contributed by atoms with Gasteiger partial charge in [-0.1, -0.05) is 18.2 Å². The molecule has 1 saturated carbocycles. The highest BCUT2D eigenvalue weighted by molar-refractivity contribution is 9.10. The van der Waals surface area contributed by atoms with Crippen LogP contribution in [0.5, 0.6) is 5.75 Å². The van der Waals surface area contributed by atoms with Crippen molar-refractivity contribution in [1.29, 1.82) is 5.26 Å². The van der Waals surface area contributed by atoms with Crippen molar-refractivity contribution in [2.24, 2.45) is 0 Å². The number of hydrogen-bond acceptors (Lipinski definition) is 2. The van der Waals surface area contributed by atoms with Crippen LogP contribution >= 0.6 is 15.9 Å². The Morgan fingerprint density at radius 2 is 1.82 bits per heavy atom. The standard InChI is InChI=1S/C19H16BrNO/c20-19-14(11-21)5-8-16-17(19)9-10-18(16)22-15-6-3-13(4-7-15)12-1-2-12/h3-8,12,18H,1-2,9-10H2. The van der Waals surface area contributed by atoms with Crippen LogP contribution in [0.3, 0.4) is 0 Å². The first-order valence-electron chi connectivity index (χ1n) is 7.74. The first-order valence-corrected chi connectivity index (χ1v) is 8.53. The average Bonchev–Trinajstić information content (AvgIpc) is 3.31. The molecule has 110 valence electrons. The zero-order valence-electron chi connectivity index (χ0n) is 12.2. The summed E-state index contributed by atoms with van der Waals surface area (Å²) in [6, 6.07) is 14.7. The van der Waals surface area contributed by atoms with E-state index in [1.165, 1.54) is 29.5 Å². The lowest BCUT2D eigenvalue weighted by molar-refractivity contribution is 0.207. The third-order valence-electron chi connectivity index (χ3n) is 4.61. The largest absolute Gasteiger partial charge is 0.486 e. The number of hydrogen-bond donors (Lipinski definition) is 0. The number of nitrogens with zero attached hydrogens (tertiary/aromatic N) is 1. The lowest BCUT2D eigenvalue weighted by atomic mass is 10.1. The second-order valence-electron chi connectivity index (χ2n) is 6.10. The van der Waals surface area contributed by atoms with Gasteiger partial charge in [-0.2, -0.15) is 5.26 Å². The van der Waals surface area contributed by atoms with Gasteiger partial charge in [-0.05, 0) is 82.4 Å². The molecule has 0 radical (unpaired) electrons. The van der Waals surface area contributed by atoms with Crippen molar-refractivity contribution in [2.75, 3.05) is 0 Å². The summed E-state index contributed by atoms with van der Waals surface area (Å²) in [5.74, 6) is 1.71. The van der Waals surface area contributed by atoms with Crippen molar-refractivity contribution in [2.45, 2.75) is 37.7 Å². The monoisotopic (exact) mass is 353 g/mol. The van der Waals surface area contributed by atoms with E-state index in [2.05, 4.69) is 46.3 Å². The summed E-state index contributed by atoms with van der Waals surface area (Å²) < 4.78 is 7.11. The normalized spacial score (nSPS) is 19.5. The van der Waals surface area contributed by atoms with Crippen LogP contribution in [0.15, 0.2) is 40.9 Å². The Hall–Kier alpha value is -1.79. The van der Waals surface area contributed by atoms with Crippen molar-refractivity contribution < 1.29 is 4.74 Å². The van der Waals surface area contributed by atoms with E-state index in [-0.39, 0.29) is 6.10 Å². The van der Waals surface area contributed by atoms with Crippen LogP contribution in [-0.2, 0) is 6.42 Å². The number of benzene rings is 2. The summed E-state index contributed by atoms with van der Waals surface area (Å²) in [5.41, 5.74) is 4.56. The predicted molar refractivity (Wildman–Crippen MR) is 89.0 cm³/mol. The number of halogens is 1. The van der Waals surface area contributed by atoms with E-state index in [4.69, 9.17) is 10.00 Å². The van der Waals surface area contributed by atoms with Crippen molar-refractivity contribution >= 4 is 15.9 Å². The maximum Gasteiger partial charge on any atom is 0.124 e. The van der Waals surface area contributed by atoms with Crippen molar-refractivity contribution in [3.05, 3.63) is 63.1 Å². The minimum Gasteiger partial charge on any atom is -0.486 e. The molecule has 2 aromatic carbocycles. The summed E-state index contributed by atoms with van der Waals surface area (Å²) in [4.78, 5) is 0. The third-order valence-corrected chi connectivity index (χ3v) is 5.52. The van der Waals surface area contributed by atoms with Gasteiger partial charge in [0.15, 0.2) is 0 Å². The molecule has 0 aromatic heterocycles. The van der Waals surface area contributed by atoms with Gasteiger partial charge in [-0.15, -0.1) is 0 Å². The Morgan fingerprint density at radius 3 is 2.50 bits per heavy atom. The zero-order valence-corrected chi connectivity index (χ0v) is 13.8. The van der Waals surface area contributed by atoms with Crippen molar-refractivity contribution in [1.82, 2.24) is 0 Å². The van der Waals surface area contributed by atoms with E-state index >= 15 is 0 Å². The number of fused-ring (bicyclic) bond motifs is 1. The van der Waals surface area contributed by atoms with Crippen LogP contribution in [0.2, 0.25) is 0 Å². The van der Waals surface area contributed by atoms with Crippen molar-refractivity contribution in [3.8, 4) is 11.8 Å². The Bertz CT molecular complexity index is 756. The summed E-state index contributed by atoms with van der Waals surface area (Å²) in [6.45, 7) is 0. The average molecular weight is 354 g/mol. The van der Waals surface area contributed by atoms with Crippen LogP contribution in [0.25, 0.3) is 0 Å². The van der Waals surface area contributed by atoms with Crippen LogP contribution < -0.4 is 4.74 Å². The van der Waals surface area contributed by atoms with Gasteiger partial charge in [0.25, 0.3) is 0 Å². The molecular weight excluding hydrogens is 338 g/mol. The summed E-state index contributed by atoms with van der Waals surface area (Å²) in [6.07, 6.45) is 4.66. The molecule has 2 nitrogen and oxygen atoms in total. The molecule has 0 bridgehead atoms. The molecule has 22 heavy (non-hydrogen) atoms. The minimum atomic E-state index is 0.0887. The molecule has 0 spiro atoms. The molecule has 0 amide bonds. The van der Waals surface area contributed by atoms with Gasteiger partial charge in [0, 0.05) is 4.47 Å². The smallest absolute Gasteiger partial charge is 0.124 e. The van der Waals surface area contributed by atoms with E-state index < -0.39 is 0 Å². The van der Waals surface area contributed by atoms with Crippen LogP contribution in [-0.4, -0.2) is 0 Å². The second-order valence-corrected chi connectivity index (χ2v) is 6.89. The highest BCUT2D eigenvalue weighted by atomic mass is 79.9. The van der Waals surface area contributed by atoms with Gasteiger partial charge in [-0.25, -0.2) is 0 Å². The Balaban J connectivity index is 1.56. The molecule has 0 heterocycles. The molecule has 1 fully saturated rings. The molecule has 4 rings (SSSR count). The third kappa shape index (κ3) is 2.42. The predicted octanol–water partition coefficient (Wildman–Crippen LogP) is 5.26. The lowest BCUT2D eigenvalue weighted by Gasteiger charge is -2.15. The maximum absolute atomic E-state index is 9.12. The van der Waals surface area contributed by atoms with Gasteiger partial charge in [-0.3, -0.25) is 0 Å². The van der Waals surface area contributed by atoms with Crippen LogP contribution in [0.4, 0.5) is 0 Å². The van der Waals surface area contributed by atoms with E-state index in [1.54, 1.807) is 0 Å². The molecule has 1 unspecified atom stereocenters. The molecule has 2 aromatic rings. The van der Waals surface area contributed by atoms with E-state index in [1.807, 2.05) is 12.1 Å². The molecule has 2 aliphatic carbocycles. The number of rotatable bonds is 3. The van der Waals surface area contributed by atoms with E-state index in [0.29, 0.717) is 5.56 Å². The van der Waals surface area contributed by atoms with E-state index in [9.17, 15) is 0 Å². The minimum absolute atomic E-state index is 0.0887. The molecule has 0 N–H and O–H groups in total. The lowest BCUT2D eigenvalue weighted by Crippen LogP contribution is -2.03. The van der Waals surface area contributed by atoms with Gasteiger partial charge in [0.05, 0.1) is 5.56 Å². The van der Waals surface area contributed by atoms with Gasteiger partial charge >= 0.3 is 0 Å². The van der Waals surface area contributed by atoms with Gasteiger partial charge in [0.2, 0.25) is 0 Å². The summed E-state index contributed by atoms with van der Waals surface area (Å²) in [7, 11) is 0. The Morgan fingerprint density at radius 1 is 1.05 bits per heavy atom.